The molecule has 1 aliphatic heterocycles. The highest BCUT2D eigenvalue weighted by Gasteiger charge is 2.26. The molecule has 0 aromatic carbocycles. The van der Waals surface area contributed by atoms with Gasteiger partial charge in [-0.2, -0.15) is 0 Å². The van der Waals surface area contributed by atoms with Crippen molar-refractivity contribution in [2.24, 2.45) is 0 Å². The lowest BCUT2D eigenvalue weighted by Crippen LogP contribution is -2.35. The minimum Gasteiger partial charge on any atom is -0.361 e. The fraction of sp³-hybridized carbons (Fsp3) is 0.385. The summed E-state index contributed by atoms with van der Waals surface area (Å²) in [6.45, 7) is 5.06. The number of carbonyl (C=O) groups is 1. The molecule has 0 aliphatic carbocycles. The summed E-state index contributed by atoms with van der Waals surface area (Å²) in [5.74, 6) is 0.636. The highest BCUT2D eigenvalue weighted by Crippen LogP contribution is 2.26. The fourth-order valence-electron chi connectivity index (χ4n) is 2.37. The Kier molecular flexibility index (Phi) is 2.70. The van der Waals surface area contributed by atoms with Gasteiger partial charge in [0.15, 0.2) is 0 Å². The second kappa shape index (κ2) is 4.24. The molecule has 94 valence electrons. The maximum Gasteiger partial charge on any atom is 0.259 e. The smallest absolute Gasteiger partial charge is 0.259 e. The first kappa shape index (κ1) is 11.5. The van der Waals surface area contributed by atoms with Crippen molar-refractivity contribution in [3.63, 3.8) is 0 Å². The Labute approximate surface area is 109 Å². The Morgan fingerprint density at radius 1 is 1.50 bits per heavy atom. The maximum atomic E-state index is 12.5. The number of hydrogen-bond acceptors (Lipinski definition) is 4. The molecule has 0 saturated heterocycles. The molecule has 0 unspecified atom stereocenters. The summed E-state index contributed by atoms with van der Waals surface area (Å²) in [4.78, 5) is 15.7. The Morgan fingerprint density at radius 3 is 3.06 bits per heavy atom. The average Bonchev–Trinajstić information content (AvgIpc) is 2.94. The number of nitrogens with zero attached hydrogens (tertiary/aromatic N) is 2. The van der Waals surface area contributed by atoms with Crippen molar-refractivity contribution in [2.45, 2.75) is 26.8 Å². The molecule has 0 bridgehead atoms. The molecule has 0 spiro atoms. The lowest BCUT2D eigenvalue weighted by atomic mass is 10.1. The van der Waals surface area contributed by atoms with Gasteiger partial charge in [-0.25, -0.2) is 0 Å². The third-order valence-corrected chi connectivity index (χ3v) is 4.37. The van der Waals surface area contributed by atoms with Crippen molar-refractivity contribution in [1.82, 2.24) is 10.1 Å². The highest BCUT2D eigenvalue weighted by atomic mass is 32.1. The number of hydrogen-bond donors (Lipinski definition) is 0. The molecule has 0 radical (unpaired) electrons. The van der Waals surface area contributed by atoms with E-state index in [4.69, 9.17) is 4.52 Å². The zero-order valence-corrected chi connectivity index (χ0v) is 11.2. The predicted octanol–water partition coefficient (Wildman–Crippen LogP) is 2.55. The number of fused-ring (bicyclic) bond motifs is 1. The zero-order valence-electron chi connectivity index (χ0n) is 10.4. The number of carbonyl (C=O) groups excluding carboxylic acids is 1. The van der Waals surface area contributed by atoms with Gasteiger partial charge in [0.2, 0.25) is 0 Å². The molecule has 5 heteroatoms. The Hall–Kier alpha value is -1.62. The summed E-state index contributed by atoms with van der Waals surface area (Å²) in [5.41, 5.74) is 2.56. The van der Waals surface area contributed by atoms with E-state index < -0.39 is 0 Å². The minimum atomic E-state index is 0.0306. The first-order valence-corrected chi connectivity index (χ1v) is 6.82. The van der Waals surface area contributed by atoms with Crippen molar-refractivity contribution >= 4 is 17.2 Å². The standard InChI is InChI=1S/C13H14N2O2S/c1-8-12(9(2)17-14-8)13(16)15-5-3-11-10(7-15)4-6-18-11/h4,6H,3,5,7H2,1-2H3. The van der Waals surface area contributed by atoms with Crippen LogP contribution >= 0.6 is 11.3 Å². The summed E-state index contributed by atoms with van der Waals surface area (Å²) in [6, 6.07) is 2.10. The molecule has 2 aromatic rings. The van der Waals surface area contributed by atoms with E-state index >= 15 is 0 Å². The van der Waals surface area contributed by atoms with Crippen LogP contribution in [0.4, 0.5) is 0 Å². The van der Waals surface area contributed by atoms with Crippen LogP contribution in [-0.2, 0) is 13.0 Å². The van der Waals surface area contributed by atoms with E-state index in [-0.39, 0.29) is 5.91 Å². The Bertz CT molecular complexity index is 580. The maximum absolute atomic E-state index is 12.5. The van der Waals surface area contributed by atoms with E-state index in [2.05, 4.69) is 16.6 Å². The molecule has 18 heavy (non-hydrogen) atoms. The number of thiophene rings is 1. The third kappa shape index (κ3) is 1.75. The Balaban J connectivity index is 1.87. The molecule has 3 heterocycles. The first-order valence-electron chi connectivity index (χ1n) is 5.94. The van der Waals surface area contributed by atoms with Crippen LogP contribution in [0.1, 0.15) is 32.3 Å². The fourth-order valence-corrected chi connectivity index (χ4v) is 3.26. The molecule has 0 atom stereocenters. The van der Waals surface area contributed by atoms with E-state index in [1.54, 1.807) is 18.3 Å². The monoisotopic (exact) mass is 262 g/mol. The second-order valence-corrected chi connectivity index (χ2v) is 5.55. The van der Waals surface area contributed by atoms with E-state index in [1.165, 1.54) is 10.4 Å². The summed E-state index contributed by atoms with van der Waals surface area (Å²) < 4.78 is 5.07. The molecule has 0 N–H and O–H groups in total. The lowest BCUT2D eigenvalue weighted by Gasteiger charge is -2.26. The third-order valence-electron chi connectivity index (χ3n) is 3.34. The van der Waals surface area contributed by atoms with Gasteiger partial charge in [0.1, 0.15) is 11.3 Å². The van der Waals surface area contributed by atoms with Gasteiger partial charge in [0, 0.05) is 18.0 Å². The highest BCUT2D eigenvalue weighted by molar-refractivity contribution is 7.10. The molecule has 0 saturated carbocycles. The van der Waals surface area contributed by atoms with Crippen LogP contribution in [0.2, 0.25) is 0 Å². The van der Waals surface area contributed by atoms with Gasteiger partial charge in [0.25, 0.3) is 5.91 Å². The predicted molar refractivity (Wildman–Crippen MR) is 68.7 cm³/mol. The van der Waals surface area contributed by atoms with Crippen LogP contribution in [0.3, 0.4) is 0 Å². The van der Waals surface area contributed by atoms with Gasteiger partial charge in [0.05, 0.1) is 5.69 Å². The van der Waals surface area contributed by atoms with Gasteiger partial charge >= 0.3 is 0 Å². The number of aromatic nitrogens is 1. The molecular weight excluding hydrogens is 248 g/mol. The van der Waals surface area contributed by atoms with Gasteiger partial charge in [-0.3, -0.25) is 4.79 Å². The minimum absolute atomic E-state index is 0.0306. The van der Waals surface area contributed by atoms with Gasteiger partial charge in [-0.1, -0.05) is 5.16 Å². The molecule has 1 amide bonds. The van der Waals surface area contributed by atoms with Crippen molar-refractivity contribution in [1.29, 1.82) is 0 Å². The van der Waals surface area contributed by atoms with Crippen LogP contribution in [0, 0.1) is 13.8 Å². The normalized spacial score (nSPS) is 14.7. The van der Waals surface area contributed by atoms with Crippen molar-refractivity contribution in [3.05, 3.63) is 38.9 Å². The van der Waals surface area contributed by atoms with Crippen LogP contribution in [0.25, 0.3) is 0 Å². The van der Waals surface area contributed by atoms with E-state index in [9.17, 15) is 4.79 Å². The average molecular weight is 262 g/mol. The van der Waals surface area contributed by atoms with Gasteiger partial charge in [-0.15, -0.1) is 11.3 Å². The molecule has 3 rings (SSSR count). The van der Waals surface area contributed by atoms with Crippen LogP contribution in [-0.4, -0.2) is 22.5 Å². The van der Waals surface area contributed by atoms with Crippen LogP contribution in [0.5, 0.6) is 0 Å². The van der Waals surface area contributed by atoms with Gasteiger partial charge in [-0.05, 0) is 37.3 Å². The zero-order chi connectivity index (χ0) is 12.7. The summed E-state index contributed by atoms with van der Waals surface area (Å²) in [7, 11) is 0. The topological polar surface area (TPSA) is 46.3 Å². The van der Waals surface area contributed by atoms with Gasteiger partial charge < -0.3 is 9.42 Å². The largest absolute Gasteiger partial charge is 0.361 e. The van der Waals surface area contributed by atoms with Crippen LogP contribution < -0.4 is 0 Å². The summed E-state index contributed by atoms with van der Waals surface area (Å²) in [5, 5.41) is 5.94. The molecular formula is C13H14N2O2S. The van der Waals surface area contributed by atoms with Crippen molar-refractivity contribution in [3.8, 4) is 0 Å². The van der Waals surface area contributed by atoms with E-state index in [1.807, 2.05) is 11.8 Å². The number of rotatable bonds is 1. The van der Waals surface area contributed by atoms with Crippen molar-refractivity contribution in [2.75, 3.05) is 6.54 Å². The first-order chi connectivity index (χ1) is 8.66. The molecule has 1 aliphatic rings. The molecule has 4 nitrogen and oxygen atoms in total. The number of amides is 1. The Morgan fingerprint density at radius 2 is 2.33 bits per heavy atom. The summed E-state index contributed by atoms with van der Waals surface area (Å²) in [6.07, 6.45) is 0.947. The van der Waals surface area contributed by atoms with Crippen LogP contribution in [0.15, 0.2) is 16.0 Å². The number of aryl methyl sites for hydroxylation is 2. The van der Waals surface area contributed by atoms with E-state index in [0.717, 1.165) is 13.0 Å². The SMILES string of the molecule is Cc1noc(C)c1C(=O)N1CCc2sccc2C1. The quantitative estimate of drug-likeness (QED) is 0.793. The van der Waals surface area contributed by atoms with Crippen molar-refractivity contribution < 1.29 is 9.32 Å². The molecule has 0 fully saturated rings. The lowest BCUT2D eigenvalue weighted by molar-refractivity contribution is 0.0733. The summed E-state index contributed by atoms with van der Waals surface area (Å²) >= 11 is 1.77. The second-order valence-electron chi connectivity index (χ2n) is 4.54. The van der Waals surface area contributed by atoms with E-state index in [0.29, 0.717) is 23.6 Å². The molecule has 2 aromatic heterocycles.